The van der Waals surface area contributed by atoms with Gasteiger partial charge < -0.3 is 20.1 Å². The molecular weight excluding hydrogens is 208 g/mol. The molecule has 0 bridgehead atoms. The molecule has 92 valence electrons. The van der Waals surface area contributed by atoms with E-state index >= 15 is 0 Å². The molecule has 0 atom stereocenters. The van der Waals surface area contributed by atoms with E-state index in [1.54, 1.807) is 0 Å². The first-order chi connectivity index (χ1) is 7.52. The van der Waals surface area contributed by atoms with Gasteiger partial charge in [-0.2, -0.15) is 0 Å². The maximum Gasteiger partial charge on any atom is 0.138 e. The molecule has 1 heterocycles. The summed E-state index contributed by atoms with van der Waals surface area (Å²) < 4.78 is 5.04. The number of hydrogen-bond acceptors (Lipinski definition) is 5. The van der Waals surface area contributed by atoms with Crippen molar-refractivity contribution in [3.8, 4) is 0 Å². The van der Waals surface area contributed by atoms with E-state index in [1.807, 2.05) is 20.8 Å². The molecule has 0 aliphatic rings. The highest BCUT2D eigenvalue weighted by Gasteiger charge is 2.22. The van der Waals surface area contributed by atoms with Crippen LogP contribution in [0.4, 0.5) is 0 Å². The fourth-order valence-corrected chi connectivity index (χ4v) is 1.41. The topological polar surface area (TPSA) is 78.5 Å². The minimum Gasteiger partial charge on any atom is -0.396 e. The highest BCUT2D eigenvalue weighted by molar-refractivity contribution is 5.20. The van der Waals surface area contributed by atoms with Gasteiger partial charge in [-0.25, -0.2) is 0 Å². The number of nitrogens with one attached hydrogen (secondary N) is 1. The molecule has 0 amide bonds. The molecule has 5 heteroatoms. The van der Waals surface area contributed by atoms with Gasteiger partial charge in [-0.1, -0.05) is 12.1 Å². The third-order valence-electron chi connectivity index (χ3n) is 2.80. The van der Waals surface area contributed by atoms with E-state index < -0.39 is 5.41 Å². The molecule has 16 heavy (non-hydrogen) atoms. The maximum atomic E-state index is 9.12. The van der Waals surface area contributed by atoms with E-state index in [1.165, 1.54) is 0 Å². The lowest BCUT2D eigenvalue weighted by Crippen LogP contribution is -2.37. The summed E-state index contributed by atoms with van der Waals surface area (Å²) in [5.74, 6) is 0.805. The van der Waals surface area contributed by atoms with E-state index in [0.717, 1.165) is 17.0 Å². The molecule has 0 aromatic carbocycles. The third-order valence-corrected chi connectivity index (χ3v) is 2.80. The van der Waals surface area contributed by atoms with Crippen molar-refractivity contribution in [2.24, 2.45) is 5.41 Å². The van der Waals surface area contributed by atoms with Gasteiger partial charge in [0.25, 0.3) is 0 Å². The van der Waals surface area contributed by atoms with E-state index in [-0.39, 0.29) is 13.2 Å². The lowest BCUT2D eigenvalue weighted by Gasteiger charge is -2.24. The average Bonchev–Trinajstić information content (AvgIpc) is 2.60. The minimum absolute atomic E-state index is 0.0436. The zero-order chi connectivity index (χ0) is 12.2. The number of aliphatic hydroxyl groups excluding tert-OH is 2. The highest BCUT2D eigenvalue weighted by Crippen LogP contribution is 2.15. The summed E-state index contributed by atoms with van der Waals surface area (Å²) in [6.07, 6.45) is 0. The SMILES string of the molecule is Cc1noc(C)c1CNCC(C)(CO)CO. The Bertz CT molecular complexity index is 312. The van der Waals surface area contributed by atoms with Crippen LogP contribution in [0.3, 0.4) is 0 Å². The van der Waals surface area contributed by atoms with Gasteiger partial charge in [0, 0.05) is 24.1 Å². The van der Waals surface area contributed by atoms with Crippen molar-refractivity contribution in [1.82, 2.24) is 10.5 Å². The predicted octanol–water partition coefficient (Wildman–Crippen LogP) is 0.372. The molecule has 0 saturated heterocycles. The van der Waals surface area contributed by atoms with Crippen LogP contribution in [-0.2, 0) is 6.54 Å². The molecule has 5 nitrogen and oxygen atoms in total. The monoisotopic (exact) mass is 228 g/mol. The lowest BCUT2D eigenvalue weighted by atomic mass is 9.93. The van der Waals surface area contributed by atoms with Crippen molar-refractivity contribution in [3.05, 3.63) is 17.0 Å². The van der Waals surface area contributed by atoms with Gasteiger partial charge in [0.15, 0.2) is 0 Å². The maximum absolute atomic E-state index is 9.12. The fraction of sp³-hybridized carbons (Fsp3) is 0.727. The number of aliphatic hydroxyl groups is 2. The van der Waals surface area contributed by atoms with E-state index in [0.29, 0.717) is 13.1 Å². The number of hydrogen-bond donors (Lipinski definition) is 3. The van der Waals surface area contributed by atoms with Crippen LogP contribution in [0.2, 0.25) is 0 Å². The summed E-state index contributed by atoms with van der Waals surface area (Å²) in [5.41, 5.74) is 1.43. The Morgan fingerprint density at radius 3 is 2.38 bits per heavy atom. The number of aromatic nitrogens is 1. The van der Waals surface area contributed by atoms with Crippen LogP contribution in [0, 0.1) is 19.3 Å². The molecule has 0 spiro atoms. The molecule has 0 aliphatic carbocycles. The van der Waals surface area contributed by atoms with Gasteiger partial charge >= 0.3 is 0 Å². The van der Waals surface area contributed by atoms with Crippen LogP contribution in [0.15, 0.2) is 4.52 Å². The Hall–Kier alpha value is -0.910. The van der Waals surface area contributed by atoms with Crippen molar-refractivity contribution in [2.75, 3.05) is 19.8 Å². The second kappa shape index (κ2) is 5.43. The molecule has 1 aromatic rings. The summed E-state index contributed by atoms with van der Waals surface area (Å²) in [6.45, 7) is 6.68. The number of rotatable bonds is 6. The van der Waals surface area contributed by atoms with E-state index in [2.05, 4.69) is 10.5 Å². The first kappa shape index (κ1) is 13.2. The second-order valence-electron chi connectivity index (χ2n) is 4.53. The second-order valence-corrected chi connectivity index (χ2v) is 4.53. The van der Waals surface area contributed by atoms with Gasteiger partial charge in [-0.05, 0) is 13.8 Å². The van der Waals surface area contributed by atoms with Crippen LogP contribution in [-0.4, -0.2) is 35.1 Å². The van der Waals surface area contributed by atoms with Crippen molar-refractivity contribution < 1.29 is 14.7 Å². The average molecular weight is 228 g/mol. The van der Waals surface area contributed by atoms with Crippen LogP contribution in [0.1, 0.15) is 23.9 Å². The minimum atomic E-state index is -0.487. The smallest absolute Gasteiger partial charge is 0.138 e. The molecule has 1 rings (SSSR count). The Balaban J connectivity index is 2.47. The van der Waals surface area contributed by atoms with E-state index in [4.69, 9.17) is 14.7 Å². The van der Waals surface area contributed by atoms with Crippen LogP contribution in [0.25, 0.3) is 0 Å². The van der Waals surface area contributed by atoms with Crippen LogP contribution >= 0.6 is 0 Å². The number of nitrogens with zero attached hydrogens (tertiary/aromatic N) is 1. The molecule has 0 radical (unpaired) electrons. The van der Waals surface area contributed by atoms with Gasteiger partial charge in [-0.15, -0.1) is 0 Å². The lowest BCUT2D eigenvalue weighted by molar-refractivity contribution is 0.0695. The molecule has 0 unspecified atom stereocenters. The summed E-state index contributed by atoms with van der Waals surface area (Å²) in [6, 6.07) is 0. The Morgan fingerprint density at radius 1 is 1.31 bits per heavy atom. The van der Waals surface area contributed by atoms with Gasteiger partial charge in [0.1, 0.15) is 5.76 Å². The largest absolute Gasteiger partial charge is 0.396 e. The van der Waals surface area contributed by atoms with Crippen LogP contribution < -0.4 is 5.32 Å². The summed E-state index contributed by atoms with van der Waals surface area (Å²) in [4.78, 5) is 0. The zero-order valence-electron chi connectivity index (χ0n) is 10.1. The molecule has 0 fully saturated rings. The Kier molecular flexibility index (Phi) is 4.46. The predicted molar refractivity (Wildman–Crippen MR) is 60.0 cm³/mol. The molecule has 0 aliphatic heterocycles. The van der Waals surface area contributed by atoms with Crippen molar-refractivity contribution >= 4 is 0 Å². The normalized spacial score (nSPS) is 12.1. The van der Waals surface area contributed by atoms with Crippen molar-refractivity contribution in [3.63, 3.8) is 0 Å². The molecule has 0 saturated carbocycles. The van der Waals surface area contributed by atoms with Crippen molar-refractivity contribution in [2.45, 2.75) is 27.3 Å². The molecular formula is C11H20N2O3. The van der Waals surface area contributed by atoms with Gasteiger partial charge in [-0.3, -0.25) is 0 Å². The van der Waals surface area contributed by atoms with Crippen LogP contribution in [0.5, 0.6) is 0 Å². The first-order valence-electron chi connectivity index (χ1n) is 5.36. The van der Waals surface area contributed by atoms with Gasteiger partial charge in [0.2, 0.25) is 0 Å². The molecule has 1 aromatic heterocycles. The number of aryl methyl sites for hydroxylation is 2. The quantitative estimate of drug-likeness (QED) is 0.655. The summed E-state index contributed by atoms with van der Waals surface area (Å²) in [5, 5.41) is 25.3. The van der Waals surface area contributed by atoms with Crippen molar-refractivity contribution in [1.29, 1.82) is 0 Å². The Labute approximate surface area is 95.5 Å². The van der Waals surface area contributed by atoms with Gasteiger partial charge in [0.05, 0.1) is 18.9 Å². The fourth-order valence-electron chi connectivity index (χ4n) is 1.41. The summed E-state index contributed by atoms with van der Waals surface area (Å²) >= 11 is 0. The highest BCUT2D eigenvalue weighted by atomic mass is 16.5. The summed E-state index contributed by atoms with van der Waals surface area (Å²) in [7, 11) is 0. The van der Waals surface area contributed by atoms with E-state index in [9.17, 15) is 0 Å². The first-order valence-corrected chi connectivity index (χ1v) is 5.36. The standard InChI is InChI=1S/C11H20N2O3/c1-8-10(9(2)16-13-8)4-12-5-11(3,6-14)7-15/h12,14-15H,4-7H2,1-3H3. The molecule has 3 N–H and O–H groups in total. The zero-order valence-corrected chi connectivity index (χ0v) is 10.1. The Morgan fingerprint density at radius 2 is 1.94 bits per heavy atom. The third kappa shape index (κ3) is 3.04.